The maximum Gasteiger partial charge on any atom is 0.293 e. The molecule has 6 heteroatoms. The quantitative estimate of drug-likeness (QED) is 0.776. The first-order valence-electron chi connectivity index (χ1n) is 7.05. The first kappa shape index (κ1) is 16.4. The second-order valence-corrected chi connectivity index (χ2v) is 5.98. The summed E-state index contributed by atoms with van der Waals surface area (Å²) in [5.74, 6) is 0.994. The van der Waals surface area contributed by atoms with Gasteiger partial charge in [0.1, 0.15) is 0 Å². The maximum absolute atomic E-state index is 12.2. The minimum atomic E-state index is -0.252. The Morgan fingerprint density at radius 2 is 2.00 bits per heavy atom. The summed E-state index contributed by atoms with van der Waals surface area (Å²) in [6.07, 6.45) is 1.70. The van der Waals surface area contributed by atoms with Gasteiger partial charge in [0.25, 0.3) is 11.1 Å². The Hall–Kier alpha value is -1.95. The molecule has 0 aliphatic carbocycles. The van der Waals surface area contributed by atoms with E-state index in [9.17, 15) is 9.59 Å². The van der Waals surface area contributed by atoms with Crippen LogP contribution in [0.5, 0.6) is 11.5 Å². The number of amides is 2. The number of thioether (sulfide) groups is 1. The monoisotopic (exact) mass is 321 g/mol. The van der Waals surface area contributed by atoms with Crippen LogP contribution in [0.3, 0.4) is 0 Å². The summed E-state index contributed by atoms with van der Waals surface area (Å²) in [5, 5.41) is -0.232. The summed E-state index contributed by atoms with van der Waals surface area (Å²) >= 11 is 0.959. The van der Waals surface area contributed by atoms with Gasteiger partial charge in [-0.3, -0.25) is 14.5 Å². The number of hydrogen-bond acceptors (Lipinski definition) is 5. The molecule has 0 atom stereocenters. The molecule has 1 heterocycles. The van der Waals surface area contributed by atoms with Crippen LogP contribution in [0.25, 0.3) is 6.08 Å². The Labute approximate surface area is 134 Å². The van der Waals surface area contributed by atoms with E-state index in [2.05, 4.69) is 0 Å². The highest BCUT2D eigenvalue weighted by Crippen LogP contribution is 2.35. The van der Waals surface area contributed by atoms with Gasteiger partial charge >= 0.3 is 0 Å². The first-order chi connectivity index (χ1) is 10.5. The summed E-state index contributed by atoms with van der Waals surface area (Å²) in [5.41, 5.74) is 0.787. The number of benzene rings is 1. The van der Waals surface area contributed by atoms with Crippen LogP contribution in [-0.4, -0.2) is 35.8 Å². The van der Waals surface area contributed by atoms with Gasteiger partial charge in [0.2, 0.25) is 0 Å². The fourth-order valence-electron chi connectivity index (χ4n) is 2.13. The predicted molar refractivity (Wildman–Crippen MR) is 87.1 cm³/mol. The topological polar surface area (TPSA) is 55.8 Å². The highest BCUT2D eigenvalue weighted by atomic mass is 32.2. The van der Waals surface area contributed by atoms with Crippen LogP contribution in [0.15, 0.2) is 23.1 Å². The lowest BCUT2D eigenvalue weighted by molar-refractivity contribution is -0.123. The normalized spacial score (nSPS) is 16.8. The average molecular weight is 321 g/mol. The number of carbonyl (C=O) groups is 2. The van der Waals surface area contributed by atoms with Crippen molar-refractivity contribution in [1.82, 2.24) is 4.90 Å². The molecule has 0 bridgehead atoms. The molecular formula is C16H19NO4S. The van der Waals surface area contributed by atoms with Crippen LogP contribution in [0.4, 0.5) is 4.79 Å². The number of ether oxygens (including phenoxy) is 2. The third-order valence-corrected chi connectivity index (χ3v) is 4.01. The summed E-state index contributed by atoms with van der Waals surface area (Å²) in [6, 6.07) is 5.26. The molecule has 0 N–H and O–H groups in total. The molecule has 22 heavy (non-hydrogen) atoms. The predicted octanol–water partition coefficient (Wildman–Crippen LogP) is 3.54. The van der Waals surface area contributed by atoms with Crippen molar-refractivity contribution < 1.29 is 19.1 Å². The third kappa shape index (κ3) is 3.27. The number of nitrogens with zero attached hydrogens (tertiary/aromatic N) is 1. The molecule has 2 amide bonds. The van der Waals surface area contributed by atoms with Crippen molar-refractivity contribution in [2.24, 2.45) is 0 Å². The highest BCUT2D eigenvalue weighted by Gasteiger charge is 2.36. The van der Waals surface area contributed by atoms with Gasteiger partial charge in [-0.25, -0.2) is 0 Å². The SMILES string of the molecule is CCOc1ccc(/C=C2\SC(=O)N(C(C)C)C2=O)cc1OC. The van der Waals surface area contributed by atoms with E-state index in [4.69, 9.17) is 9.47 Å². The van der Waals surface area contributed by atoms with Gasteiger partial charge < -0.3 is 9.47 Å². The second kappa shape index (κ2) is 6.87. The van der Waals surface area contributed by atoms with E-state index in [1.807, 2.05) is 26.8 Å². The van der Waals surface area contributed by atoms with E-state index >= 15 is 0 Å². The number of carbonyl (C=O) groups excluding carboxylic acids is 2. The largest absolute Gasteiger partial charge is 0.493 e. The van der Waals surface area contributed by atoms with Gasteiger partial charge in [-0.15, -0.1) is 0 Å². The van der Waals surface area contributed by atoms with Crippen LogP contribution in [0.2, 0.25) is 0 Å². The van der Waals surface area contributed by atoms with Gasteiger partial charge in [0, 0.05) is 6.04 Å². The summed E-state index contributed by atoms with van der Waals surface area (Å²) in [4.78, 5) is 25.8. The summed E-state index contributed by atoms with van der Waals surface area (Å²) in [6.45, 7) is 6.08. The van der Waals surface area contributed by atoms with E-state index < -0.39 is 0 Å². The smallest absolute Gasteiger partial charge is 0.293 e. The van der Waals surface area contributed by atoms with Gasteiger partial charge in [0.15, 0.2) is 11.5 Å². The number of imide groups is 1. The lowest BCUT2D eigenvalue weighted by Crippen LogP contribution is -2.34. The molecule has 1 aliphatic heterocycles. The Bertz CT molecular complexity index is 625. The van der Waals surface area contributed by atoms with Crippen molar-refractivity contribution in [2.45, 2.75) is 26.8 Å². The van der Waals surface area contributed by atoms with E-state index in [1.165, 1.54) is 4.90 Å². The Morgan fingerprint density at radius 1 is 1.27 bits per heavy atom. The van der Waals surface area contributed by atoms with E-state index in [0.717, 1.165) is 17.3 Å². The van der Waals surface area contributed by atoms with Crippen molar-refractivity contribution >= 4 is 29.0 Å². The minimum Gasteiger partial charge on any atom is -0.493 e. The van der Waals surface area contributed by atoms with Crippen LogP contribution < -0.4 is 9.47 Å². The minimum absolute atomic E-state index is 0.145. The molecule has 1 aromatic carbocycles. The number of rotatable bonds is 5. The zero-order valence-electron chi connectivity index (χ0n) is 13.1. The summed E-state index contributed by atoms with van der Waals surface area (Å²) in [7, 11) is 1.56. The standard InChI is InChI=1S/C16H19NO4S/c1-5-21-12-7-6-11(8-13(12)20-4)9-14-15(18)17(10(2)3)16(19)22-14/h6-10H,5H2,1-4H3/b14-9-. The fourth-order valence-corrected chi connectivity index (χ4v) is 3.09. The van der Waals surface area contributed by atoms with Crippen molar-refractivity contribution in [3.63, 3.8) is 0 Å². The first-order valence-corrected chi connectivity index (χ1v) is 7.87. The van der Waals surface area contributed by atoms with Crippen LogP contribution in [-0.2, 0) is 4.79 Å². The molecule has 1 fully saturated rings. The number of methoxy groups -OCH3 is 1. The molecule has 0 spiro atoms. The van der Waals surface area contributed by atoms with Crippen molar-refractivity contribution in [1.29, 1.82) is 0 Å². The van der Waals surface area contributed by atoms with Crippen molar-refractivity contribution in [3.05, 3.63) is 28.7 Å². The van der Waals surface area contributed by atoms with Crippen molar-refractivity contribution in [2.75, 3.05) is 13.7 Å². The molecule has 1 saturated heterocycles. The average Bonchev–Trinajstić information content (AvgIpc) is 2.75. The Morgan fingerprint density at radius 3 is 2.55 bits per heavy atom. The number of hydrogen-bond donors (Lipinski definition) is 0. The lowest BCUT2D eigenvalue weighted by Gasteiger charge is -2.16. The summed E-state index contributed by atoms with van der Waals surface area (Å²) < 4.78 is 10.7. The van der Waals surface area contributed by atoms with Gasteiger partial charge in [0.05, 0.1) is 18.6 Å². The zero-order chi connectivity index (χ0) is 16.3. The molecule has 0 aromatic heterocycles. The van der Waals surface area contributed by atoms with E-state index in [0.29, 0.717) is 23.0 Å². The highest BCUT2D eigenvalue weighted by molar-refractivity contribution is 8.18. The van der Waals surface area contributed by atoms with Crippen molar-refractivity contribution in [3.8, 4) is 11.5 Å². The molecule has 118 valence electrons. The molecule has 0 saturated carbocycles. The Kier molecular flexibility index (Phi) is 5.13. The van der Waals surface area contributed by atoms with Gasteiger partial charge in [-0.05, 0) is 56.3 Å². The zero-order valence-corrected chi connectivity index (χ0v) is 13.9. The van der Waals surface area contributed by atoms with E-state index in [-0.39, 0.29) is 17.2 Å². The van der Waals surface area contributed by atoms with Gasteiger partial charge in [-0.2, -0.15) is 0 Å². The molecular weight excluding hydrogens is 302 g/mol. The van der Waals surface area contributed by atoms with Crippen LogP contribution in [0, 0.1) is 0 Å². The molecule has 0 unspecified atom stereocenters. The van der Waals surface area contributed by atoms with Crippen LogP contribution in [0.1, 0.15) is 26.3 Å². The van der Waals surface area contributed by atoms with Crippen LogP contribution >= 0.6 is 11.8 Å². The molecule has 5 nitrogen and oxygen atoms in total. The van der Waals surface area contributed by atoms with Gasteiger partial charge in [-0.1, -0.05) is 6.07 Å². The molecule has 1 aromatic rings. The lowest BCUT2D eigenvalue weighted by atomic mass is 10.2. The molecule has 1 aliphatic rings. The molecule has 2 rings (SSSR count). The van der Waals surface area contributed by atoms with E-state index in [1.54, 1.807) is 25.3 Å². The second-order valence-electron chi connectivity index (χ2n) is 4.99. The third-order valence-electron chi connectivity index (χ3n) is 3.13. The Balaban J connectivity index is 2.30. The fraction of sp³-hybridized carbons (Fsp3) is 0.375. The maximum atomic E-state index is 12.2. The molecule has 0 radical (unpaired) electrons.